The Hall–Kier alpha value is -3.47. The van der Waals surface area contributed by atoms with E-state index in [2.05, 4.69) is 15.0 Å². The number of aryl methyl sites for hydroxylation is 1. The van der Waals surface area contributed by atoms with Crippen LogP contribution < -0.4 is 0 Å². The van der Waals surface area contributed by atoms with Crippen molar-refractivity contribution in [1.82, 2.24) is 15.0 Å². The average Bonchev–Trinajstić information content (AvgIpc) is 2.69. The molecule has 1 aromatic carbocycles. The molecule has 5 nitrogen and oxygen atoms in total. The van der Waals surface area contributed by atoms with Crippen LogP contribution in [0.15, 0.2) is 67.1 Å². The van der Waals surface area contributed by atoms with Gasteiger partial charge in [0.15, 0.2) is 0 Å². The Bertz CT molecular complexity index is 1100. The van der Waals surface area contributed by atoms with Gasteiger partial charge in [-0.25, -0.2) is 4.98 Å². The van der Waals surface area contributed by atoms with Gasteiger partial charge >= 0.3 is 0 Å². The first-order valence-electron chi connectivity index (χ1n) is 8.75. The number of aromatic nitrogens is 3. The largest absolute Gasteiger partial charge is 0.506 e. The summed E-state index contributed by atoms with van der Waals surface area (Å²) >= 11 is 0. The maximum absolute atomic E-state index is 11.0. The Morgan fingerprint density at radius 2 is 1.78 bits per heavy atom. The SMILES string of the molecule is Cc1ccc2ccc(C(Cc3ncccc3O)c3cccnc3)c(O)c2n1. The molecule has 0 spiro atoms. The highest BCUT2D eigenvalue weighted by Crippen LogP contribution is 2.38. The fourth-order valence-electron chi connectivity index (χ4n) is 3.34. The smallest absolute Gasteiger partial charge is 0.145 e. The molecule has 0 aliphatic carbocycles. The molecule has 5 heteroatoms. The summed E-state index contributed by atoms with van der Waals surface area (Å²) in [5.74, 6) is 0.0762. The molecule has 4 rings (SSSR count). The second kappa shape index (κ2) is 7.03. The average molecular weight is 357 g/mol. The van der Waals surface area contributed by atoms with Crippen LogP contribution in [0.3, 0.4) is 0 Å². The van der Waals surface area contributed by atoms with Crippen molar-refractivity contribution in [3.8, 4) is 11.5 Å². The minimum absolute atomic E-state index is 0.139. The van der Waals surface area contributed by atoms with Crippen LogP contribution in [0.1, 0.15) is 28.4 Å². The molecule has 2 N–H and O–H groups in total. The second-order valence-electron chi connectivity index (χ2n) is 6.54. The van der Waals surface area contributed by atoms with Crippen LogP contribution in [0.5, 0.6) is 11.5 Å². The highest BCUT2D eigenvalue weighted by atomic mass is 16.3. The van der Waals surface area contributed by atoms with Gasteiger partial charge in [0.2, 0.25) is 0 Å². The Balaban J connectivity index is 1.87. The lowest BCUT2D eigenvalue weighted by molar-refractivity contribution is 0.456. The quantitative estimate of drug-likeness (QED) is 0.574. The number of hydrogen-bond acceptors (Lipinski definition) is 5. The van der Waals surface area contributed by atoms with E-state index in [1.807, 2.05) is 43.3 Å². The summed E-state index contributed by atoms with van der Waals surface area (Å²) in [5.41, 5.74) is 3.66. The number of nitrogens with zero attached hydrogens (tertiary/aromatic N) is 3. The minimum atomic E-state index is -0.216. The molecule has 0 radical (unpaired) electrons. The number of phenolic OH excluding ortho intramolecular Hbond substituents is 1. The molecule has 1 unspecified atom stereocenters. The summed E-state index contributed by atoms with van der Waals surface area (Å²) in [7, 11) is 0. The lowest BCUT2D eigenvalue weighted by atomic mass is 9.86. The van der Waals surface area contributed by atoms with Gasteiger partial charge in [0.1, 0.15) is 17.0 Å². The third-order valence-electron chi connectivity index (χ3n) is 4.73. The lowest BCUT2D eigenvalue weighted by Gasteiger charge is -2.20. The number of phenols is 1. The summed E-state index contributed by atoms with van der Waals surface area (Å²) < 4.78 is 0. The van der Waals surface area contributed by atoms with Gasteiger partial charge in [0.05, 0.1) is 5.69 Å². The fourth-order valence-corrected chi connectivity index (χ4v) is 3.34. The van der Waals surface area contributed by atoms with E-state index >= 15 is 0 Å². The van der Waals surface area contributed by atoms with Gasteiger partial charge in [0.25, 0.3) is 0 Å². The first kappa shape index (κ1) is 17.0. The molecule has 1 atom stereocenters. The molecule has 3 heterocycles. The summed E-state index contributed by atoms with van der Waals surface area (Å²) in [6.45, 7) is 1.90. The number of pyridine rings is 3. The molecule has 0 aliphatic heterocycles. The lowest BCUT2D eigenvalue weighted by Crippen LogP contribution is -2.08. The van der Waals surface area contributed by atoms with Crippen LogP contribution in [0, 0.1) is 6.92 Å². The molecule has 0 amide bonds. The number of benzene rings is 1. The van der Waals surface area contributed by atoms with Crippen molar-refractivity contribution in [2.24, 2.45) is 0 Å². The van der Waals surface area contributed by atoms with E-state index in [4.69, 9.17) is 0 Å². The first-order valence-corrected chi connectivity index (χ1v) is 8.75. The number of rotatable bonds is 4. The summed E-state index contributed by atoms with van der Waals surface area (Å²) in [4.78, 5) is 13.0. The Morgan fingerprint density at radius 1 is 0.963 bits per heavy atom. The molecule has 0 saturated heterocycles. The van der Waals surface area contributed by atoms with E-state index in [-0.39, 0.29) is 17.4 Å². The molecule has 3 aromatic heterocycles. The van der Waals surface area contributed by atoms with Gasteiger partial charge in [-0.15, -0.1) is 0 Å². The fraction of sp³-hybridized carbons (Fsp3) is 0.136. The molecule has 0 fully saturated rings. The molecule has 0 bridgehead atoms. The first-order chi connectivity index (χ1) is 13.1. The third kappa shape index (κ3) is 3.31. The van der Waals surface area contributed by atoms with Crippen molar-refractivity contribution in [2.45, 2.75) is 19.3 Å². The van der Waals surface area contributed by atoms with Crippen LogP contribution in [0.2, 0.25) is 0 Å². The van der Waals surface area contributed by atoms with Crippen molar-refractivity contribution in [3.05, 3.63) is 89.6 Å². The van der Waals surface area contributed by atoms with Gasteiger partial charge in [-0.3, -0.25) is 9.97 Å². The highest BCUT2D eigenvalue weighted by Gasteiger charge is 2.22. The molecular weight excluding hydrogens is 338 g/mol. The van der Waals surface area contributed by atoms with Crippen LogP contribution in [0.4, 0.5) is 0 Å². The predicted octanol–water partition coefficient (Wildman–Crippen LogP) is 4.12. The minimum Gasteiger partial charge on any atom is -0.506 e. The van der Waals surface area contributed by atoms with E-state index < -0.39 is 0 Å². The summed E-state index contributed by atoms with van der Waals surface area (Å²) in [6, 6.07) is 14.9. The highest BCUT2D eigenvalue weighted by molar-refractivity contribution is 5.86. The number of fused-ring (bicyclic) bond motifs is 1. The monoisotopic (exact) mass is 357 g/mol. The molecule has 134 valence electrons. The second-order valence-corrected chi connectivity index (χ2v) is 6.54. The van der Waals surface area contributed by atoms with Crippen molar-refractivity contribution in [3.63, 3.8) is 0 Å². The van der Waals surface area contributed by atoms with Gasteiger partial charge < -0.3 is 10.2 Å². The number of hydrogen-bond donors (Lipinski definition) is 2. The third-order valence-corrected chi connectivity index (χ3v) is 4.73. The van der Waals surface area contributed by atoms with Crippen LogP contribution >= 0.6 is 0 Å². The van der Waals surface area contributed by atoms with E-state index in [1.54, 1.807) is 30.7 Å². The van der Waals surface area contributed by atoms with Gasteiger partial charge in [-0.05, 0) is 36.8 Å². The zero-order valence-electron chi connectivity index (χ0n) is 14.9. The van der Waals surface area contributed by atoms with E-state index in [1.165, 1.54) is 0 Å². The Kier molecular flexibility index (Phi) is 4.42. The standard InChI is InChI=1S/C22H19N3O2/c1-14-6-7-15-8-9-17(22(27)21(15)25-14)18(16-4-2-10-23-13-16)12-19-20(26)5-3-11-24-19/h2-11,13,18,26-27H,12H2,1H3. The van der Waals surface area contributed by atoms with E-state index in [0.717, 1.165) is 22.2 Å². The van der Waals surface area contributed by atoms with Crippen LogP contribution in [-0.2, 0) is 6.42 Å². The topological polar surface area (TPSA) is 79.1 Å². The van der Waals surface area contributed by atoms with E-state index in [9.17, 15) is 10.2 Å². The van der Waals surface area contributed by atoms with Gasteiger partial charge in [-0.1, -0.05) is 24.3 Å². The normalized spacial score (nSPS) is 12.2. The van der Waals surface area contributed by atoms with Crippen molar-refractivity contribution in [2.75, 3.05) is 0 Å². The zero-order chi connectivity index (χ0) is 18.8. The molecule has 0 saturated carbocycles. The Morgan fingerprint density at radius 3 is 2.56 bits per heavy atom. The van der Waals surface area contributed by atoms with Gasteiger partial charge in [0, 0.05) is 47.6 Å². The molecular formula is C22H19N3O2. The van der Waals surface area contributed by atoms with Crippen molar-refractivity contribution >= 4 is 10.9 Å². The Labute approximate surface area is 157 Å². The molecule has 4 aromatic rings. The van der Waals surface area contributed by atoms with Crippen molar-refractivity contribution in [1.29, 1.82) is 0 Å². The van der Waals surface area contributed by atoms with Crippen LogP contribution in [0.25, 0.3) is 10.9 Å². The molecule has 0 aliphatic rings. The van der Waals surface area contributed by atoms with Crippen LogP contribution in [-0.4, -0.2) is 25.2 Å². The summed E-state index contributed by atoms with van der Waals surface area (Å²) in [6.07, 6.45) is 5.58. The predicted molar refractivity (Wildman–Crippen MR) is 104 cm³/mol. The van der Waals surface area contributed by atoms with Gasteiger partial charge in [-0.2, -0.15) is 0 Å². The van der Waals surface area contributed by atoms with Crippen molar-refractivity contribution < 1.29 is 10.2 Å². The summed E-state index contributed by atoms with van der Waals surface area (Å²) in [5, 5.41) is 22.0. The molecule has 27 heavy (non-hydrogen) atoms. The maximum atomic E-state index is 11.0. The maximum Gasteiger partial charge on any atom is 0.145 e. The zero-order valence-corrected chi connectivity index (χ0v) is 14.9. The number of aromatic hydroxyl groups is 2. The van der Waals surface area contributed by atoms with E-state index in [0.29, 0.717) is 17.6 Å².